The number of hydrogen-bond donors (Lipinski definition) is 2. The number of rotatable bonds is 10. The normalized spacial score (nSPS) is 12.4. The molecule has 3 amide bonds. The topological polar surface area (TPSA) is 112 Å². The first-order chi connectivity index (χ1) is 19.5. The first-order valence-corrected chi connectivity index (χ1v) is 13.6. The van der Waals surface area contributed by atoms with E-state index in [-0.39, 0.29) is 19.5 Å². The standard InChI is InChI=1S/C33H38N4O4/c1-23-16-17-24(2)27(20-23)29(30(38)35-22-26-14-10-7-11-15-26)37(19-18-34)31(39)28(21-25-12-8-6-9-13-25)36-32(40)41-33(3,4)5/h6-17,20,28-29H,19,21-22H2,1-5H3,(H,35,38)(H,36,40). The van der Waals surface area contributed by atoms with Crippen molar-refractivity contribution in [3.63, 3.8) is 0 Å². The molecule has 0 aromatic heterocycles. The summed E-state index contributed by atoms with van der Waals surface area (Å²) in [5, 5.41) is 15.5. The number of nitriles is 1. The molecule has 3 aromatic carbocycles. The lowest BCUT2D eigenvalue weighted by atomic mass is 9.95. The summed E-state index contributed by atoms with van der Waals surface area (Å²) >= 11 is 0. The van der Waals surface area contributed by atoms with E-state index in [1.807, 2.05) is 92.7 Å². The fraction of sp³-hybridized carbons (Fsp3) is 0.333. The number of aryl methyl sites for hydroxylation is 2. The number of carbonyl (C=O) groups excluding carboxylic acids is 3. The van der Waals surface area contributed by atoms with E-state index in [0.717, 1.165) is 22.3 Å². The van der Waals surface area contributed by atoms with Crippen LogP contribution >= 0.6 is 0 Å². The number of ether oxygens (including phenoxy) is 1. The van der Waals surface area contributed by atoms with Crippen LogP contribution in [0.15, 0.2) is 78.9 Å². The van der Waals surface area contributed by atoms with Crippen molar-refractivity contribution in [3.8, 4) is 6.07 Å². The Labute approximate surface area is 242 Å². The third kappa shape index (κ3) is 9.21. The molecule has 2 atom stereocenters. The third-order valence-corrected chi connectivity index (χ3v) is 6.39. The molecule has 2 unspecified atom stereocenters. The van der Waals surface area contributed by atoms with Crippen LogP contribution in [-0.2, 0) is 27.3 Å². The molecule has 8 heteroatoms. The summed E-state index contributed by atoms with van der Waals surface area (Å²) in [5.74, 6) is -0.996. The minimum atomic E-state index is -1.11. The molecule has 2 N–H and O–H groups in total. The van der Waals surface area contributed by atoms with E-state index in [1.54, 1.807) is 20.8 Å². The molecule has 0 saturated heterocycles. The Morgan fingerprint density at radius 2 is 1.54 bits per heavy atom. The summed E-state index contributed by atoms with van der Waals surface area (Å²) in [6.07, 6.45) is -0.619. The number of nitrogens with zero attached hydrogens (tertiary/aromatic N) is 2. The first kappa shape index (κ1) is 30.9. The van der Waals surface area contributed by atoms with Gasteiger partial charge in [-0.05, 0) is 56.9 Å². The lowest BCUT2D eigenvalue weighted by Crippen LogP contribution is -2.54. The van der Waals surface area contributed by atoms with E-state index in [0.29, 0.717) is 5.56 Å². The van der Waals surface area contributed by atoms with Gasteiger partial charge in [0.25, 0.3) is 0 Å². The molecular weight excluding hydrogens is 516 g/mol. The molecule has 0 bridgehead atoms. The van der Waals surface area contributed by atoms with E-state index >= 15 is 0 Å². The molecule has 214 valence electrons. The van der Waals surface area contributed by atoms with Crippen LogP contribution in [0.25, 0.3) is 0 Å². The first-order valence-electron chi connectivity index (χ1n) is 13.6. The number of hydrogen-bond acceptors (Lipinski definition) is 5. The van der Waals surface area contributed by atoms with Crippen molar-refractivity contribution < 1.29 is 19.1 Å². The Hall–Kier alpha value is -4.64. The summed E-state index contributed by atoms with van der Waals surface area (Å²) in [6, 6.07) is 24.2. The van der Waals surface area contributed by atoms with Gasteiger partial charge >= 0.3 is 6.09 Å². The van der Waals surface area contributed by atoms with Gasteiger partial charge in [0.05, 0.1) is 6.07 Å². The molecule has 3 aromatic rings. The molecule has 0 aliphatic heterocycles. The Bertz CT molecular complexity index is 1380. The molecule has 0 saturated carbocycles. The second-order valence-corrected chi connectivity index (χ2v) is 11.0. The average Bonchev–Trinajstić information content (AvgIpc) is 2.93. The minimum absolute atomic E-state index is 0.145. The van der Waals surface area contributed by atoms with Gasteiger partial charge in [0.1, 0.15) is 24.2 Å². The van der Waals surface area contributed by atoms with E-state index < -0.39 is 35.6 Å². The summed E-state index contributed by atoms with van der Waals surface area (Å²) < 4.78 is 5.45. The van der Waals surface area contributed by atoms with Crippen LogP contribution in [-0.4, -0.2) is 41.0 Å². The Kier molecular flexibility index (Phi) is 10.6. The van der Waals surface area contributed by atoms with Gasteiger partial charge in [-0.1, -0.05) is 84.4 Å². The van der Waals surface area contributed by atoms with Crippen molar-refractivity contribution >= 4 is 17.9 Å². The van der Waals surface area contributed by atoms with Crippen molar-refractivity contribution in [2.75, 3.05) is 6.54 Å². The van der Waals surface area contributed by atoms with Crippen molar-refractivity contribution in [1.82, 2.24) is 15.5 Å². The molecule has 0 radical (unpaired) electrons. The number of nitrogens with one attached hydrogen (secondary N) is 2. The lowest BCUT2D eigenvalue weighted by Gasteiger charge is -2.33. The molecule has 41 heavy (non-hydrogen) atoms. The zero-order chi connectivity index (χ0) is 30.0. The van der Waals surface area contributed by atoms with Crippen molar-refractivity contribution in [3.05, 3.63) is 107 Å². The van der Waals surface area contributed by atoms with Gasteiger partial charge in [-0.25, -0.2) is 4.79 Å². The summed E-state index contributed by atoms with van der Waals surface area (Å²) in [6.45, 7) is 8.85. The van der Waals surface area contributed by atoms with Gasteiger partial charge < -0.3 is 20.3 Å². The fourth-order valence-corrected chi connectivity index (χ4v) is 4.46. The van der Waals surface area contributed by atoms with Crippen LogP contribution < -0.4 is 10.6 Å². The lowest BCUT2D eigenvalue weighted by molar-refractivity contribution is -0.141. The number of carbonyl (C=O) groups is 3. The van der Waals surface area contributed by atoms with Crippen LogP contribution in [0.2, 0.25) is 0 Å². The molecule has 3 rings (SSSR count). The zero-order valence-electron chi connectivity index (χ0n) is 24.3. The summed E-state index contributed by atoms with van der Waals surface area (Å²) in [7, 11) is 0. The highest BCUT2D eigenvalue weighted by Gasteiger charge is 2.37. The van der Waals surface area contributed by atoms with Gasteiger partial charge in [-0.3, -0.25) is 9.59 Å². The molecule has 0 aliphatic carbocycles. The predicted molar refractivity (Wildman–Crippen MR) is 158 cm³/mol. The largest absolute Gasteiger partial charge is 0.444 e. The van der Waals surface area contributed by atoms with Gasteiger partial charge in [0.15, 0.2) is 0 Å². The molecule has 0 spiro atoms. The van der Waals surface area contributed by atoms with Crippen LogP contribution in [0.4, 0.5) is 4.79 Å². The Morgan fingerprint density at radius 1 is 0.927 bits per heavy atom. The van der Waals surface area contributed by atoms with Gasteiger partial charge in [-0.15, -0.1) is 0 Å². The maximum Gasteiger partial charge on any atom is 0.408 e. The molecule has 8 nitrogen and oxygen atoms in total. The third-order valence-electron chi connectivity index (χ3n) is 6.39. The van der Waals surface area contributed by atoms with Crippen LogP contribution in [0.5, 0.6) is 0 Å². The van der Waals surface area contributed by atoms with Gasteiger partial charge in [0.2, 0.25) is 11.8 Å². The fourth-order valence-electron chi connectivity index (χ4n) is 4.46. The average molecular weight is 555 g/mol. The van der Waals surface area contributed by atoms with E-state index in [2.05, 4.69) is 16.7 Å². The smallest absolute Gasteiger partial charge is 0.408 e. The maximum atomic E-state index is 14.3. The monoisotopic (exact) mass is 554 g/mol. The zero-order valence-corrected chi connectivity index (χ0v) is 24.3. The van der Waals surface area contributed by atoms with Crippen molar-refractivity contribution in [2.45, 2.75) is 65.3 Å². The predicted octanol–water partition coefficient (Wildman–Crippen LogP) is 5.15. The highest BCUT2D eigenvalue weighted by Crippen LogP contribution is 2.27. The minimum Gasteiger partial charge on any atom is -0.444 e. The Morgan fingerprint density at radius 3 is 2.12 bits per heavy atom. The molecule has 0 heterocycles. The SMILES string of the molecule is Cc1ccc(C)c(C(C(=O)NCc2ccccc2)N(CC#N)C(=O)C(Cc2ccccc2)NC(=O)OC(C)(C)C)c1. The van der Waals surface area contributed by atoms with Gasteiger partial charge in [0, 0.05) is 13.0 Å². The quantitative estimate of drug-likeness (QED) is 0.337. The van der Waals surface area contributed by atoms with Crippen molar-refractivity contribution in [2.24, 2.45) is 0 Å². The highest BCUT2D eigenvalue weighted by atomic mass is 16.6. The van der Waals surface area contributed by atoms with Crippen molar-refractivity contribution in [1.29, 1.82) is 5.26 Å². The second kappa shape index (κ2) is 14.1. The number of benzene rings is 3. The van der Waals surface area contributed by atoms with E-state index in [1.165, 1.54) is 4.90 Å². The molecular formula is C33H38N4O4. The molecule has 0 fully saturated rings. The van der Waals surface area contributed by atoms with E-state index in [4.69, 9.17) is 4.74 Å². The second-order valence-electron chi connectivity index (χ2n) is 11.0. The number of alkyl carbamates (subject to hydrolysis) is 1. The van der Waals surface area contributed by atoms with E-state index in [9.17, 15) is 19.6 Å². The molecule has 0 aliphatic rings. The van der Waals surface area contributed by atoms with Crippen LogP contribution in [0, 0.1) is 25.2 Å². The summed E-state index contributed by atoms with van der Waals surface area (Å²) in [4.78, 5) is 42.2. The summed E-state index contributed by atoms with van der Waals surface area (Å²) in [5.41, 5.74) is 3.22. The number of amides is 3. The van der Waals surface area contributed by atoms with Crippen LogP contribution in [0.3, 0.4) is 0 Å². The Balaban J connectivity index is 2.03. The maximum absolute atomic E-state index is 14.3. The van der Waals surface area contributed by atoms with Crippen LogP contribution in [0.1, 0.15) is 54.6 Å². The highest BCUT2D eigenvalue weighted by molar-refractivity contribution is 5.92. The van der Waals surface area contributed by atoms with Gasteiger partial charge in [-0.2, -0.15) is 5.26 Å².